The Labute approximate surface area is 143 Å². The highest BCUT2D eigenvalue weighted by molar-refractivity contribution is 5.38. The lowest BCUT2D eigenvalue weighted by Crippen LogP contribution is -2.06. The van der Waals surface area contributed by atoms with E-state index in [2.05, 4.69) is 31.2 Å². The molecule has 0 heterocycles. The van der Waals surface area contributed by atoms with Gasteiger partial charge in [0.1, 0.15) is 11.5 Å². The smallest absolute Gasteiger partial charge is 0.115 e. The molecule has 2 heteroatoms. The second kappa shape index (κ2) is 7.22. The third-order valence-electron chi connectivity index (χ3n) is 4.55. The van der Waals surface area contributed by atoms with Crippen LogP contribution in [-0.4, -0.2) is 10.2 Å². The molecule has 0 spiro atoms. The van der Waals surface area contributed by atoms with Gasteiger partial charge in [-0.2, -0.15) is 0 Å². The molecule has 2 N–H and O–H groups in total. The van der Waals surface area contributed by atoms with Gasteiger partial charge in [-0.05, 0) is 53.3 Å². The van der Waals surface area contributed by atoms with Crippen LogP contribution in [0.5, 0.6) is 11.5 Å². The SMILES string of the molecule is CC(CC(c1ccc(O)cc1)c1ccc(O)cc1)c1ccccc1. The van der Waals surface area contributed by atoms with E-state index in [0.29, 0.717) is 5.92 Å². The lowest BCUT2D eigenvalue weighted by Gasteiger charge is -2.22. The van der Waals surface area contributed by atoms with E-state index in [1.54, 1.807) is 24.3 Å². The first-order valence-electron chi connectivity index (χ1n) is 8.26. The van der Waals surface area contributed by atoms with Gasteiger partial charge in [0.25, 0.3) is 0 Å². The minimum atomic E-state index is 0.210. The first-order chi connectivity index (χ1) is 11.6. The van der Waals surface area contributed by atoms with E-state index in [4.69, 9.17) is 0 Å². The van der Waals surface area contributed by atoms with Crippen molar-refractivity contribution in [3.8, 4) is 11.5 Å². The van der Waals surface area contributed by atoms with E-state index in [-0.39, 0.29) is 17.4 Å². The van der Waals surface area contributed by atoms with Crippen LogP contribution in [0.15, 0.2) is 78.9 Å². The second-order valence-electron chi connectivity index (χ2n) is 6.28. The summed E-state index contributed by atoms with van der Waals surface area (Å²) in [4.78, 5) is 0. The molecule has 0 aliphatic carbocycles. The molecule has 3 rings (SSSR count). The van der Waals surface area contributed by atoms with Crippen LogP contribution < -0.4 is 0 Å². The minimum absolute atomic E-state index is 0.210. The third-order valence-corrected chi connectivity index (χ3v) is 4.55. The van der Waals surface area contributed by atoms with E-state index >= 15 is 0 Å². The fourth-order valence-corrected chi connectivity index (χ4v) is 3.15. The molecule has 1 unspecified atom stereocenters. The fraction of sp³-hybridized carbons (Fsp3) is 0.182. The maximum Gasteiger partial charge on any atom is 0.115 e. The van der Waals surface area contributed by atoms with Gasteiger partial charge in [-0.25, -0.2) is 0 Å². The molecule has 0 fully saturated rings. The molecule has 24 heavy (non-hydrogen) atoms. The van der Waals surface area contributed by atoms with Crippen molar-refractivity contribution in [2.45, 2.75) is 25.2 Å². The molecule has 0 bridgehead atoms. The summed E-state index contributed by atoms with van der Waals surface area (Å²) in [6.45, 7) is 2.24. The van der Waals surface area contributed by atoms with Crippen molar-refractivity contribution in [3.05, 3.63) is 95.6 Å². The summed E-state index contributed by atoms with van der Waals surface area (Å²) in [5.74, 6) is 1.17. The van der Waals surface area contributed by atoms with Crippen LogP contribution in [0, 0.1) is 0 Å². The van der Waals surface area contributed by atoms with Crippen molar-refractivity contribution in [1.82, 2.24) is 0 Å². The van der Waals surface area contributed by atoms with Crippen molar-refractivity contribution >= 4 is 0 Å². The van der Waals surface area contributed by atoms with Gasteiger partial charge in [0.2, 0.25) is 0 Å². The highest BCUT2D eigenvalue weighted by Gasteiger charge is 2.18. The maximum atomic E-state index is 9.57. The normalized spacial score (nSPS) is 12.2. The number of phenolic OH excluding ortho intramolecular Hbond substituents is 2. The van der Waals surface area contributed by atoms with Gasteiger partial charge >= 0.3 is 0 Å². The van der Waals surface area contributed by atoms with E-state index < -0.39 is 0 Å². The Hall–Kier alpha value is -2.74. The summed E-state index contributed by atoms with van der Waals surface area (Å²) < 4.78 is 0. The van der Waals surface area contributed by atoms with Gasteiger partial charge in [0.15, 0.2) is 0 Å². The Bertz CT molecular complexity index is 716. The van der Waals surface area contributed by atoms with Crippen molar-refractivity contribution < 1.29 is 10.2 Å². The average molecular weight is 318 g/mol. The van der Waals surface area contributed by atoms with Gasteiger partial charge in [0, 0.05) is 5.92 Å². The summed E-state index contributed by atoms with van der Waals surface area (Å²) in [7, 11) is 0. The van der Waals surface area contributed by atoms with Crippen LogP contribution in [0.2, 0.25) is 0 Å². The molecule has 0 aliphatic rings. The van der Waals surface area contributed by atoms with Gasteiger partial charge in [-0.1, -0.05) is 61.5 Å². The molecular weight excluding hydrogens is 296 g/mol. The molecule has 1 atom stereocenters. The van der Waals surface area contributed by atoms with Gasteiger partial charge < -0.3 is 10.2 Å². The summed E-state index contributed by atoms with van der Waals surface area (Å²) in [6, 6.07) is 25.3. The summed E-state index contributed by atoms with van der Waals surface area (Å²) in [6.07, 6.45) is 0.958. The van der Waals surface area contributed by atoms with Crippen molar-refractivity contribution in [3.63, 3.8) is 0 Å². The maximum absolute atomic E-state index is 9.57. The number of phenols is 2. The first-order valence-corrected chi connectivity index (χ1v) is 8.26. The number of aromatic hydroxyl groups is 2. The molecule has 122 valence electrons. The Morgan fingerprint density at radius 3 is 1.54 bits per heavy atom. The molecule has 3 aromatic carbocycles. The molecule has 0 saturated carbocycles. The number of benzene rings is 3. The highest BCUT2D eigenvalue weighted by Crippen LogP contribution is 2.35. The van der Waals surface area contributed by atoms with Crippen LogP contribution in [0.1, 0.15) is 41.9 Å². The molecule has 0 aromatic heterocycles. The topological polar surface area (TPSA) is 40.5 Å². The first kappa shape index (κ1) is 16.1. The van der Waals surface area contributed by atoms with E-state index in [9.17, 15) is 10.2 Å². The Morgan fingerprint density at radius 1 is 0.625 bits per heavy atom. The van der Waals surface area contributed by atoms with Crippen LogP contribution in [0.3, 0.4) is 0 Å². The number of hydrogen-bond donors (Lipinski definition) is 2. The lowest BCUT2D eigenvalue weighted by atomic mass is 9.82. The molecular formula is C22H22O2. The van der Waals surface area contributed by atoms with E-state index in [0.717, 1.165) is 6.42 Å². The predicted molar refractivity (Wildman–Crippen MR) is 97.5 cm³/mol. The molecule has 2 nitrogen and oxygen atoms in total. The van der Waals surface area contributed by atoms with Crippen LogP contribution in [-0.2, 0) is 0 Å². The zero-order chi connectivity index (χ0) is 16.9. The van der Waals surface area contributed by atoms with Gasteiger partial charge in [-0.3, -0.25) is 0 Å². The van der Waals surface area contributed by atoms with Crippen molar-refractivity contribution in [1.29, 1.82) is 0 Å². The van der Waals surface area contributed by atoms with E-state index in [1.807, 2.05) is 30.3 Å². The number of hydrogen-bond acceptors (Lipinski definition) is 2. The minimum Gasteiger partial charge on any atom is -0.508 e. The van der Waals surface area contributed by atoms with Crippen molar-refractivity contribution in [2.75, 3.05) is 0 Å². The monoisotopic (exact) mass is 318 g/mol. The van der Waals surface area contributed by atoms with Crippen LogP contribution >= 0.6 is 0 Å². The summed E-state index contributed by atoms with van der Waals surface area (Å²) in [5.41, 5.74) is 3.66. The lowest BCUT2D eigenvalue weighted by molar-refractivity contribution is 0.474. The Kier molecular flexibility index (Phi) is 4.85. The van der Waals surface area contributed by atoms with Crippen molar-refractivity contribution in [2.24, 2.45) is 0 Å². The molecule has 0 radical (unpaired) electrons. The molecule has 0 amide bonds. The fourth-order valence-electron chi connectivity index (χ4n) is 3.15. The molecule has 3 aromatic rings. The van der Waals surface area contributed by atoms with Gasteiger partial charge in [-0.15, -0.1) is 0 Å². The largest absolute Gasteiger partial charge is 0.508 e. The average Bonchev–Trinajstić information content (AvgIpc) is 2.62. The Morgan fingerprint density at radius 2 is 1.08 bits per heavy atom. The molecule has 0 aliphatic heterocycles. The van der Waals surface area contributed by atoms with Crippen LogP contribution in [0.4, 0.5) is 0 Å². The summed E-state index contributed by atoms with van der Waals surface area (Å²) >= 11 is 0. The standard InChI is InChI=1S/C22H22O2/c1-16(17-5-3-2-4-6-17)15-22(18-7-11-20(23)12-8-18)19-9-13-21(24)14-10-19/h2-14,16,22-24H,15H2,1H3. The van der Waals surface area contributed by atoms with Gasteiger partial charge in [0.05, 0.1) is 0 Å². The van der Waals surface area contributed by atoms with Crippen LogP contribution in [0.25, 0.3) is 0 Å². The van der Waals surface area contributed by atoms with E-state index in [1.165, 1.54) is 16.7 Å². The highest BCUT2D eigenvalue weighted by atomic mass is 16.3. The second-order valence-corrected chi connectivity index (χ2v) is 6.28. The third kappa shape index (κ3) is 3.77. The zero-order valence-corrected chi connectivity index (χ0v) is 13.8. The Balaban J connectivity index is 1.92. The zero-order valence-electron chi connectivity index (χ0n) is 13.8. The summed E-state index contributed by atoms with van der Waals surface area (Å²) in [5, 5.41) is 19.1. The molecule has 0 saturated heterocycles. The number of rotatable bonds is 5. The quantitative estimate of drug-likeness (QED) is 0.659. The predicted octanol–water partition coefficient (Wildman–Crippen LogP) is 5.42.